The van der Waals surface area contributed by atoms with E-state index in [1.807, 2.05) is 17.9 Å². The van der Waals surface area contributed by atoms with Crippen LogP contribution in [-0.2, 0) is 11.2 Å². The third-order valence-electron chi connectivity index (χ3n) is 4.38. The van der Waals surface area contributed by atoms with Crippen molar-refractivity contribution >= 4 is 17.5 Å². The second-order valence-electron chi connectivity index (χ2n) is 6.09. The zero-order chi connectivity index (χ0) is 16.2. The molecule has 1 aliphatic carbocycles. The largest absolute Gasteiger partial charge is 0.449 e. The minimum Gasteiger partial charge on any atom is -0.449 e. The number of amides is 1. The van der Waals surface area contributed by atoms with Gasteiger partial charge in [0, 0.05) is 26.4 Å². The lowest BCUT2D eigenvalue weighted by Gasteiger charge is -2.21. The first-order valence-corrected chi connectivity index (χ1v) is 8.50. The molecule has 1 aliphatic rings. The molecule has 0 unspecified atom stereocenters. The van der Waals surface area contributed by atoms with Crippen LogP contribution in [0.25, 0.3) is 0 Å². The van der Waals surface area contributed by atoms with Crippen LogP contribution in [0.2, 0.25) is 0 Å². The zero-order valence-electron chi connectivity index (χ0n) is 13.2. The average Bonchev–Trinajstić information content (AvgIpc) is 3.23. The zero-order valence-corrected chi connectivity index (χ0v) is 14.0. The van der Waals surface area contributed by atoms with Crippen LogP contribution in [0.4, 0.5) is 0 Å². The van der Waals surface area contributed by atoms with Gasteiger partial charge in [-0.15, -0.1) is 11.6 Å². The minimum atomic E-state index is -0.00871. The van der Waals surface area contributed by atoms with Gasteiger partial charge in [-0.25, -0.2) is 4.98 Å². The van der Waals surface area contributed by atoms with Crippen LogP contribution in [0, 0.1) is 12.8 Å². The van der Waals surface area contributed by atoms with E-state index in [2.05, 4.69) is 29.2 Å². The number of hydrogen-bond acceptors (Lipinski definition) is 3. The third kappa shape index (κ3) is 4.14. The summed E-state index contributed by atoms with van der Waals surface area (Å²) in [6.45, 7) is 3.22. The Balaban J connectivity index is 1.56. The molecule has 5 heteroatoms. The average molecular weight is 333 g/mol. The van der Waals surface area contributed by atoms with Gasteiger partial charge in [-0.1, -0.05) is 30.3 Å². The van der Waals surface area contributed by atoms with E-state index in [1.165, 1.54) is 5.56 Å². The highest BCUT2D eigenvalue weighted by Crippen LogP contribution is 2.47. The number of alkyl halides is 1. The van der Waals surface area contributed by atoms with Gasteiger partial charge in [0.1, 0.15) is 12.1 Å². The molecule has 4 nitrogen and oxygen atoms in total. The highest BCUT2D eigenvalue weighted by Gasteiger charge is 2.39. The first-order valence-electron chi connectivity index (χ1n) is 7.97. The van der Waals surface area contributed by atoms with Gasteiger partial charge < -0.3 is 9.32 Å². The number of hydrogen-bond donors (Lipinski definition) is 0. The van der Waals surface area contributed by atoms with E-state index in [4.69, 9.17) is 16.0 Å². The monoisotopic (exact) mass is 332 g/mol. The smallest absolute Gasteiger partial charge is 0.237 e. The number of aromatic nitrogens is 1. The molecular formula is C18H21ClN2O2. The Kier molecular flexibility index (Phi) is 5.01. The SMILES string of the molecule is Cc1nc(CCN(C[C@@H]2C[C@H]2c2ccccc2)C(=O)CCl)co1. The predicted octanol–water partition coefficient (Wildman–Crippen LogP) is 3.40. The maximum absolute atomic E-state index is 12.1. The number of oxazole rings is 1. The molecule has 2 atom stereocenters. The lowest BCUT2D eigenvalue weighted by molar-refractivity contribution is -0.128. The Labute approximate surface area is 141 Å². The highest BCUT2D eigenvalue weighted by atomic mass is 35.5. The number of aryl methyl sites for hydroxylation is 1. The van der Waals surface area contributed by atoms with Crippen molar-refractivity contribution in [2.75, 3.05) is 19.0 Å². The predicted molar refractivity (Wildman–Crippen MR) is 89.5 cm³/mol. The van der Waals surface area contributed by atoms with Gasteiger partial charge in [0.2, 0.25) is 5.91 Å². The molecule has 2 aromatic rings. The number of halogens is 1. The van der Waals surface area contributed by atoms with Gasteiger partial charge >= 0.3 is 0 Å². The van der Waals surface area contributed by atoms with Crippen molar-refractivity contribution in [1.29, 1.82) is 0 Å². The van der Waals surface area contributed by atoms with Crippen LogP contribution in [0.1, 0.15) is 29.5 Å². The number of nitrogens with zero attached hydrogens (tertiary/aromatic N) is 2. The van der Waals surface area contributed by atoms with E-state index in [0.717, 1.165) is 18.7 Å². The number of carbonyl (C=O) groups is 1. The van der Waals surface area contributed by atoms with Crippen LogP contribution in [0.5, 0.6) is 0 Å². The molecule has 1 amide bonds. The lowest BCUT2D eigenvalue weighted by Crippen LogP contribution is -2.35. The van der Waals surface area contributed by atoms with Crippen LogP contribution in [0.3, 0.4) is 0 Å². The Morgan fingerprint density at radius 1 is 1.39 bits per heavy atom. The molecule has 0 N–H and O–H groups in total. The molecule has 23 heavy (non-hydrogen) atoms. The van der Waals surface area contributed by atoms with Crippen LogP contribution < -0.4 is 0 Å². The number of rotatable bonds is 7. The van der Waals surface area contributed by atoms with Crippen LogP contribution in [-0.4, -0.2) is 34.8 Å². The van der Waals surface area contributed by atoms with Crippen LogP contribution >= 0.6 is 11.6 Å². The van der Waals surface area contributed by atoms with E-state index < -0.39 is 0 Å². The Morgan fingerprint density at radius 3 is 2.83 bits per heavy atom. The summed E-state index contributed by atoms with van der Waals surface area (Å²) < 4.78 is 5.21. The van der Waals surface area contributed by atoms with Gasteiger partial charge in [-0.3, -0.25) is 4.79 Å². The summed E-state index contributed by atoms with van der Waals surface area (Å²) in [5, 5.41) is 0. The normalized spacial score (nSPS) is 19.6. The van der Waals surface area contributed by atoms with Crippen molar-refractivity contribution in [2.24, 2.45) is 5.92 Å². The van der Waals surface area contributed by atoms with Crippen molar-refractivity contribution in [2.45, 2.75) is 25.7 Å². The Bertz CT molecular complexity index is 656. The van der Waals surface area contributed by atoms with E-state index in [9.17, 15) is 4.79 Å². The molecule has 1 heterocycles. The van der Waals surface area contributed by atoms with Crippen molar-refractivity contribution < 1.29 is 9.21 Å². The van der Waals surface area contributed by atoms with Crippen molar-refractivity contribution in [3.05, 3.63) is 53.7 Å². The molecule has 1 fully saturated rings. The quantitative estimate of drug-likeness (QED) is 0.730. The van der Waals surface area contributed by atoms with Gasteiger partial charge in [0.25, 0.3) is 0 Å². The summed E-state index contributed by atoms with van der Waals surface area (Å²) in [5.74, 6) is 1.77. The topological polar surface area (TPSA) is 46.3 Å². The number of benzene rings is 1. The molecule has 0 spiro atoms. The second-order valence-corrected chi connectivity index (χ2v) is 6.36. The van der Waals surface area contributed by atoms with Crippen molar-refractivity contribution in [3.63, 3.8) is 0 Å². The van der Waals surface area contributed by atoms with Crippen LogP contribution in [0.15, 0.2) is 41.0 Å². The molecule has 0 aliphatic heterocycles. The molecule has 0 saturated heterocycles. The van der Waals surface area contributed by atoms with E-state index in [0.29, 0.717) is 30.7 Å². The fourth-order valence-electron chi connectivity index (χ4n) is 3.02. The second kappa shape index (κ2) is 7.18. The maximum atomic E-state index is 12.1. The van der Waals surface area contributed by atoms with Gasteiger partial charge in [0.15, 0.2) is 5.89 Å². The fourth-order valence-corrected chi connectivity index (χ4v) is 3.18. The molecular weight excluding hydrogens is 312 g/mol. The van der Waals surface area contributed by atoms with E-state index >= 15 is 0 Å². The number of carbonyl (C=O) groups excluding carboxylic acids is 1. The first kappa shape index (κ1) is 16.1. The summed E-state index contributed by atoms with van der Waals surface area (Å²) >= 11 is 5.76. The summed E-state index contributed by atoms with van der Waals surface area (Å²) in [7, 11) is 0. The molecule has 0 bridgehead atoms. The van der Waals surface area contributed by atoms with Gasteiger partial charge in [-0.2, -0.15) is 0 Å². The summed E-state index contributed by atoms with van der Waals surface area (Å²) in [4.78, 5) is 18.2. The molecule has 0 radical (unpaired) electrons. The molecule has 1 aromatic carbocycles. The standard InChI is InChI=1S/C18H21ClN2O2/c1-13-20-16(12-23-13)7-8-21(18(22)10-19)11-15-9-17(15)14-5-3-2-4-6-14/h2-6,12,15,17H,7-11H2,1H3/t15-,17-/m0/s1. The van der Waals surface area contributed by atoms with E-state index in [-0.39, 0.29) is 11.8 Å². The molecule has 3 rings (SSSR count). The fraction of sp³-hybridized carbons (Fsp3) is 0.444. The molecule has 122 valence electrons. The van der Waals surface area contributed by atoms with Crippen molar-refractivity contribution in [1.82, 2.24) is 9.88 Å². The molecule has 1 saturated carbocycles. The highest BCUT2D eigenvalue weighted by molar-refractivity contribution is 6.27. The third-order valence-corrected chi connectivity index (χ3v) is 4.61. The summed E-state index contributed by atoms with van der Waals surface area (Å²) in [5.41, 5.74) is 2.24. The summed E-state index contributed by atoms with van der Waals surface area (Å²) in [6.07, 6.45) is 3.49. The van der Waals surface area contributed by atoms with Gasteiger partial charge in [0.05, 0.1) is 5.69 Å². The Hall–Kier alpha value is -1.81. The first-order chi connectivity index (χ1) is 11.2. The van der Waals surface area contributed by atoms with Gasteiger partial charge in [-0.05, 0) is 23.8 Å². The van der Waals surface area contributed by atoms with E-state index in [1.54, 1.807) is 6.26 Å². The minimum absolute atomic E-state index is 0.00871. The van der Waals surface area contributed by atoms with Crippen molar-refractivity contribution in [3.8, 4) is 0 Å². The molecule has 1 aromatic heterocycles. The summed E-state index contributed by atoms with van der Waals surface area (Å²) in [6, 6.07) is 10.5. The lowest BCUT2D eigenvalue weighted by atomic mass is 10.1. The Morgan fingerprint density at radius 2 is 2.17 bits per heavy atom. The maximum Gasteiger partial charge on any atom is 0.237 e.